The Kier molecular flexibility index (Phi) is 8.29. The van der Waals surface area contributed by atoms with Crippen LogP contribution >= 0.6 is 0 Å². The first kappa shape index (κ1) is 26.0. The van der Waals surface area contributed by atoms with E-state index in [4.69, 9.17) is 9.47 Å². The molecule has 4 aromatic rings. The molecule has 190 valence electrons. The summed E-state index contributed by atoms with van der Waals surface area (Å²) in [5.74, 6) is -3.37. The third-order valence-electron chi connectivity index (χ3n) is 6.19. The molecule has 4 rings (SSSR count). The van der Waals surface area contributed by atoms with Crippen LogP contribution in [-0.4, -0.2) is 13.1 Å². The van der Waals surface area contributed by atoms with Crippen molar-refractivity contribution in [2.45, 2.75) is 32.6 Å². The molecular weight excluding hydrogens is 477 g/mol. The summed E-state index contributed by atoms with van der Waals surface area (Å²) in [5, 5.41) is 0. The zero-order chi connectivity index (χ0) is 26.4. The average Bonchev–Trinajstić information content (AvgIpc) is 2.91. The fraction of sp³-hybridized carbons (Fsp3) is 0.194. The summed E-state index contributed by atoms with van der Waals surface area (Å²) >= 11 is 0. The van der Waals surface area contributed by atoms with Crippen molar-refractivity contribution in [3.8, 4) is 33.8 Å². The zero-order valence-corrected chi connectivity index (χ0v) is 20.7. The summed E-state index contributed by atoms with van der Waals surface area (Å²) in [4.78, 5) is 12.6. The van der Waals surface area contributed by atoms with Gasteiger partial charge in [0.2, 0.25) is 0 Å². The number of hydrogen-bond acceptors (Lipinski definition) is 3. The van der Waals surface area contributed by atoms with Crippen LogP contribution in [-0.2, 0) is 6.42 Å². The summed E-state index contributed by atoms with van der Waals surface area (Å²) in [6, 6.07) is 20.5. The third-order valence-corrected chi connectivity index (χ3v) is 6.19. The molecule has 0 bridgehead atoms. The van der Waals surface area contributed by atoms with E-state index in [1.54, 1.807) is 36.4 Å². The number of benzene rings is 4. The standard InChI is InChI=1S/C31H27F3O3/c1-3-4-5-6-20-7-9-22(10-8-20)26-17-18-27(30(34)29(26)33)31(35)37-23-13-11-21(12-14-23)25-16-15-24(36-2)19-28(25)32/h7-19H,3-6H2,1-2H3. The van der Waals surface area contributed by atoms with Crippen LogP contribution in [0.4, 0.5) is 13.2 Å². The maximum Gasteiger partial charge on any atom is 0.346 e. The second-order valence-electron chi connectivity index (χ2n) is 8.70. The van der Waals surface area contributed by atoms with Crippen molar-refractivity contribution in [3.63, 3.8) is 0 Å². The number of halogens is 3. The van der Waals surface area contributed by atoms with Gasteiger partial charge in [-0.25, -0.2) is 18.0 Å². The predicted molar refractivity (Wildman–Crippen MR) is 138 cm³/mol. The highest BCUT2D eigenvalue weighted by Crippen LogP contribution is 2.30. The summed E-state index contributed by atoms with van der Waals surface area (Å²) < 4.78 is 54.3. The molecule has 0 aromatic heterocycles. The SMILES string of the molecule is CCCCCc1ccc(-c2ccc(C(=O)Oc3ccc(-c4ccc(OC)cc4F)cc3)c(F)c2F)cc1. The number of carbonyl (C=O) groups is 1. The van der Waals surface area contributed by atoms with E-state index in [-0.39, 0.29) is 11.3 Å². The van der Waals surface area contributed by atoms with Gasteiger partial charge in [-0.1, -0.05) is 62.2 Å². The number of unbranched alkanes of at least 4 members (excludes halogenated alkanes) is 2. The highest BCUT2D eigenvalue weighted by atomic mass is 19.2. The van der Waals surface area contributed by atoms with E-state index < -0.39 is 29.0 Å². The molecule has 37 heavy (non-hydrogen) atoms. The van der Waals surface area contributed by atoms with Gasteiger partial charge in [0.05, 0.1) is 12.7 Å². The number of hydrogen-bond donors (Lipinski definition) is 0. The van der Waals surface area contributed by atoms with Crippen LogP contribution in [0.1, 0.15) is 42.1 Å². The average molecular weight is 505 g/mol. The lowest BCUT2D eigenvalue weighted by atomic mass is 9.99. The second kappa shape index (κ2) is 11.8. The Bertz CT molecular complexity index is 1380. The normalized spacial score (nSPS) is 10.8. The zero-order valence-electron chi connectivity index (χ0n) is 20.7. The number of aryl methyl sites for hydroxylation is 1. The van der Waals surface area contributed by atoms with Gasteiger partial charge < -0.3 is 9.47 Å². The highest BCUT2D eigenvalue weighted by Gasteiger charge is 2.21. The van der Waals surface area contributed by atoms with E-state index in [1.165, 1.54) is 37.4 Å². The molecule has 0 fully saturated rings. The predicted octanol–water partition coefficient (Wildman–Crippen LogP) is 8.40. The molecule has 0 amide bonds. The first-order valence-electron chi connectivity index (χ1n) is 12.1. The molecule has 0 aliphatic heterocycles. The largest absolute Gasteiger partial charge is 0.497 e. The Hall–Kier alpha value is -4.06. The van der Waals surface area contributed by atoms with E-state index in [1.807, 2.05) is 12.1 Å². The van der Waals surface area contributed by atoms with Gasteiger partial charge in [-0.05, 0) is 59.9 Å². The lowest BCUT2D eigenvalue weighted by molar-refractivity contribution is 0.0728. The van der Waals surface area contributed by atoms with E-state index >= 15 is 0 Å². The first-order valence-corrected chi connectivity index (χ1v) is 12.1. The van der Waals surface area contributed by atoms with Gasteiger partial charge in [-0.3, -0.25) is 0 Å². The molecule has 0 aliphatic rings. The van der Waals surface area contributed by atoms with Gasteiger partial charge >= 0.3 is 5.97 Å². The Labute approximate surface area is 214 Å². The van der Waals surface area contributed by atoms with Crippen molar-refractivity contribution < 1.29 is 27.4 Å². The van der Waals surface area contributed by atoms with Gasteiger partial charge in [-0.15, -0.1) is 0 Å². The van der Waals surface area contributed by atoms with Crippen LogP contribution in [0.25, 0.3) is 22.3 Å². The molecule has 6 heteroatoms. The Balaban J connectivity index is 1.47. The highest BCUT2D eigenvalue weighted by molar-refractivity contribution is 5.92. The molecule has 0 spiro atoms. The minimum absolute atomic E-state index is 0.0695. The van der Waals surface area contributed by atoms with Crippen LogP contribution in [0, 0.1) is 17.5 Å². The van der Waals surface area contributed by atoms with Crippen LogP contribution in [0.3, 0.4) is 0 Å². The van der Waals surface area contributed by atoms with Gasteiger partial charge in [0.1, 0.15) is 17.3 Å². The van der Waals surface area contributed by atoms with Crippen molar-refractivity contribution >= 4 is 5.97 Å². The smallest absolute Gasteiger partial charge is 0.346 e. The Morgan fingerprint density at radius 3 is 2.00 bits per heavy atom. The summed E-state index contributed by atoms with van der Waals surface area (Å²) in [6.45, 7) is 2.14. The molecule has 0 radical (unpaired) electrons. The Morgan fingerprint density at radius 2 is 1.35 bits per heavy atom. The molecule has 0 N–H and O–H groups in total. The first-order chi connectivity index (χ1) is 17.9. The van der Waals surface area contributed by atoms with Crippen LogP contribution in [0.2, 0.25) is 0 Å². The van der Waals surface area contributed by atoms with Gasteiger partial charge in [0.25, 0.3) is 0 Å². The van der Waals surface area contributed by atoms with E-state index in [2.05, 4.69) is 6.92 Å². The topological polar surface area (TPSA) is 35.5 Å². The number of rotatable bonds is 9. The number of methoxy groups -OCH3 is 1. The van der Waals surface area contributed by atoms with Crippen molar-refractivity contribution in [1.29, 1.82) is 0 Å². The molecule has 0 unspecified atom stereocenters. The summed E-state index contributed by atoms with van der Waals surface area (Å²) in [6.07, 6.45) is 4.29. The lowest BCUT2D eigenvalue weighted by Crippen LogP contribution is -2.12. The number of carbonyl (C=O) groups excluding carboxylic acids is 1. The monoisotopic (exact) mass is 504 g/mol. The maximum atomic E-state index is 14.9. The van der Waals surface area contributed by atoms with Crippen LogP contribution in [0.5, 0.6) is 11.5 Å². The second-order valence-corrected chi connectivity index (χ2v) is 8.70. The van der Waals surface area contributed by atoms with Gasteiger partial charge in [0.15, 0.2) is 11.6 Å². The molecule has 0 atom stereocenters. The van der Waals surface area contributed by atoms with Gasteiger partial charge in [0, 0.05) is 17.2 Å². The Morgan fingerprint density at radius 1 is 0.730 bits per heavy atom. The quantitative estimate of drug-likeness (QED) is 0.130. The minimum Gasteiger partial charge on any atom is -0.497 e. The molecular formula is C31H27F3O3. The molecule has 4 aromatic carbocycles. The lowest BCUT2D eigenvalue weighted by Gasteiger charge is -2.10. The molecule has 0 saturated heterocycles. The van der Waals surface area contributed by atoms with Crippen molar-refractivity contribution in [1.82, 2.24) is 0 Å². The minimum atomic E-state index is -1.27. The van der Waals surface area contributed by atoms with E-state index in [0.29, 0.717) is 22.4 Å². The fourth-order valence-corrected chi connectivity index (χ4v) is 4.08. The number of ether oxygens (including phenoxy) is 2. The molecule has 3 nitrogen and oxygen atoms in total. The van der Waals surface area contributed by atoms with Crippen LogP contribution in [0.15, 0.2) is 78.9 Å². The molecule has 0 saturated carbocycles. The van der Waals surface area contributed by atoms with E-state index in [0.717, 1.165) is 31.2 Å². The van der Waals surface area contributed by atoms with Crippen molar-refractivity contribution in [2.75, 3.05) is 7.11 Å². The third kappa shape index (κ3) is 6.02. The fourth-order valence-electron chi connectivity index (χ4n) is 4.08. The molecule has 0 aliphatic carbocycles. The summed E-state index contributed by atoms with van der Waals surface area (Å²) in [7, 11) is 1.45. The summed E-state index contributed by atoms with van der Waals surface area (Å²) in [5.41, 5.74) is 2.12. The maximum absolute atomic E-state index is 14.9. The van der Waals surface area contributed by atoms with Crippen LogP contribution < -0.4 is 9.47 Å². The van der Waals surface area contributed by atoms with Gasteiger partial charge in [-0.2, -0.15) is 0 Å². The number of esters is 1. The molecule has 0 heterocycles. The van der Waals surface area contributed by atoms with E-state index in [9.17, 15) is 18.0 Å². The van der Waals surface area contributed by atoms with Crippen molar-refractivity contribution in [3.05, 3.63) is 107 Å². The van der Waals surface area contributed by atoms with Crippen molar-refractivity contribution in [2.24, 2.45) is 0 Å².